The summed E-state index contributed by atoms with van der Waals surface area (Å²) < 4.78 is 14.5. The van der Waals surface area contributed by atoms with Gasteiger partial charge in [-0.3, -0.25) is 9.78 Å². The lowest BCUT2D eigenvalue weighted by Crippen LogP contribution is -2.26. The lowest BCUT2D eigenvalue weighted by molar-refractivity contribution is 0.0912. The lowest BCUT2D eigenvalue weighted by Gasteiger charge is -2.28. The Hall–Kier alpha value is -2.66. The topological polar surface area (TPSA) is 57.8 Å². The van der Waals surface area contributed by atoms with Crippen LogP contribution in [-0.4, -0.2) is 15.8 Å². The largest absolute Gasteiger partial charge is 0.356 e. The number of ketones is 1. The Morgan fingerprint density at radius 3 is 2.67 bits per heavy atom. The van der Waals surface area contributed by atoms with Crippen molar-refractivity contribution in [2.75, 3.05) is 5.32 Å². The first-order valence-electron chi connectivity index (χ1n) is 8.75. The number of pyridine rings is 1. The van der Waals surface area contributed by atoms with Crippen LogP contribution in [0, 0.1) is 11.2 Å². The van der Waals surface area contributed by atoms with Crippen molar-refractivity contribution in [3.8, 4) is 11.3 Å². The quantitative estimate of drug-likeness (QED) is 0.603. The molecular weight excluding hydrogens is 365 g/mol. The predicted molar refractivity (Wildman–Crippen MR) is 105 cm³/mol. The van der Waals surface area contributed by atoms with Gasteiger partial charge >= 0.3 is 0 Å². The van der Waals surface area contributed by atoms with Crippen LogP contribution in [0.2, 0.25) is 5.02 Å². The summed E-state index contributed by atoms with van der Waals surface area (Å²) in [5.74, 6) is -0.499. The number of halogens is 2. The maximum atomic E-state index is 14.5. The van der Waals surface area contributed by atoms with Crippen molar-refractivity contribution in [2.45, 2.75) is 26.7 Å². The zero-order valence-corrected chi connectivity index (χ0v) is 15.8. The van der Waals surface area contributed by atoms with Crippen LogP contribution in [0.15, 0.2) is 42.7 Å². The average molecular weight is 384 g/mol. The zero-order chi connectivity index (χ0) is 19.2. The second-order valence-corrected chi connectivity index (χ2v) is 8.04. The molecule has 2 heterocycles. The third-order valence-electron chi connectivity index (χ3n) is 4.83. The minimum Gasteiger partial charge on any atom is -0.356 e. The van der Waals surface area contributed by atoms with Gasteiger partial charge in [-0.1, -0.05) is 31.5 Å². The highest BCUT2D eigenvalue weighted by molar-refractivity contribution is 6.31. The van der Waals surface area contributed by atoms with Crippen molar-refractivity contribution in [1.29, 1.82) is 0 Å². The Morgan fingerprint density at radius 1 is 1.19 bits per heavy atom. The molecule has 4 rings (SSSR count). The van der Waals surface area contributed by atoms with Crippen LogP contribution in [0.1, 0.15) is 36.3 Å². The molecular formula is C21H19ClFN3O. The Bertz CT molecular complexity index is 1030. The predicted octanol–water partition coefficient (Wildman–Crippen LogP) is 5.77. The number of hydrogen-bond donors (Lipinski definition) is 2. The maximum absolute atomic E-state index is 14.5. The SMILES string of the molecule is CC1(C)CC(=O)c2c([nH]c(-c3ccncc3)c2Nc2cccc(Cl)c2F)C1. The second-order valence-electron chi connectivity index (χ2n) is 7.63. The maximum Gasteiger partial charge on any atom is 0.167 e. The lowest BCUT2D eigenvalue weighted by atomic mass is 9.76. The highest BCUT2D eigenvalue weighted by Gasteiger charge is 2.35. The van der Waals surface area contributed by atoms with E-state index in [9.17, 15) is 9.18 Å². The molecule has 1 aliphatic rings. The van der Waals surface area contributed by atoms with E-state index in [1.54, 1.807) is 24.5 Å². The summed E-state index contributed by atoms with van der Waals surface area (Å²) in [6.45, 7) is 4.15. The number of H-pyrrole nitrogens is 1. The van der Waals surface area contributed by atoms with E-state index >= 15 is 0 Å². The number of hydrogen-bond acceptors (Lipinski definition) is 3. The molecule has 27 heavy (non-hydrogen) atoms. The number of aromatic amines is 1. The van der Waals surface area contributed by atoms with Gasteiger partial charge in [-0.2, -0.15) is 0 Å². The summed E-state index contributed by atoms with van der Waals surface area (Å²) in [4.78, 5) is 20.4. The van der Waals surface area contributed by atoms with E-state index in [2.05, 4.69) is 29.1 Å². The molecule has 138 valence electrons. The molecule has 0 spiro atoms. The zero-order valence-electron chi connectivity index (χ0n) is 15.1. The number of carbonyl (C=O) groups is 1. The third-order valence-corrected chi connectivity index (χ3v) is 5.12. The molecule has 4 nitrogen and oxygen atoms in total. The summed E-state index contributed by atoms with van der Waals surface area (Å²) in [6.07, 6.45) is 4.56. The number of benzene rings is 1. The van der Waals surface area contributed by atoms with Gasteiger partial charge in [-0.05, 0) is 36.1 Å². The molecule has 3 aromatic rings. The molecule has 0 fully saturated rings. The van der Waals surface area contributed by atoms with Crippen LogP contribution in [0.25, 0.3) is 11.3 Å². The highest BCUT2D eigenvalue weighted by atomic mass is 35.5. The first-order valence-corrected chi connectivity index (χ1v) is 9.13. The van der Waals surface area contributed by atoms with Gasteiger partial charge in [0.15, 0.2) is 11.6 Å². The molecule has 0 radical (unpaired) electrons. The van der Waals surface area contributed by atoms with Gasteiger partial charge in [0.05, 0.1) is 27.7 Å². The standard InChI is InChI=1S/C21H19ClFN3O/c1-21(2)10-15-17(16(27)11-21)20(19(26-15)12-6-8-24-9-7-12)25-14-5-3-4-13(22)18(14)23/h3-9,25-26H,10-11H2,1-2H3. The van der Waals surface area contributed by atoms with Crippen molar-refractivity contribution in [3.05, 3.63) is 64.8 Å². The number of rotatable bonds is 3. The van der Waals surface area contributed by atoms with E-state index in [1.165, 1.54) is 6.07 Å². The highest BCUT2D eigenvalue weighted by Crippen LogP contribution is 2.43. The molecule has 2 aromatic heterocycles. The Labute approximate surface area is 161 Å². The van der Waals surface area contributed by atoms with Gasteiger partial charge in [0.25, 0.3) is 0 Å². The number of anilines is 2. The van der Waals surface area contributed by atoms with E-state index in [-0.39, 0.29) is 21.9 Å². The number of carbonyl (C=O) groups excluding carboxylic acids is 1. The fraction of sp³-hybridized carbons (Fsp3) is 0.238. The van der Waals surface area contributed by atoms with Crippen LogP contribution >= 0.6 is 11.6 Å². The molecule has 0 bridgehead atoms. The molecule has 0 amide bonds. The van der Waals surface area contributed by atoms with Crippen LogP contribution in [0.4, 0.5) is 15.8 Å². The Balaban J connectivity index is 1.90. The number of Topliss-reactive ketones (excluding diaryl/α,β-unsaturated/α-hetero) is 1. The fourth-order valence-corrected chi connectivity index (χ4v) is 3.83. The third kappa shape index (κ3) is 3.23. The second kappa shape index (κ2) is 6.50. The normalized spacial score (nSPS) is 15.5. The Kier molecular flexibility index (Phi) is 4.27. The van der Waals surface area contributed by atoms with Gasteiger partial charge in [0.1, 0.15) is 0 Å². The summed E-state index contributed by atoms with van der Waals surface area (Å²) in [5, 5.41) is 3.14. The van der Waals surface area contributed by atoms with Gasteiger partial charge < -0.3 is 10.3 Å². The molecule has 6 heteroatoms. The minimum absolute atomic E-state index is 0.0299. The molecule has 1 aliphatic carbocycles. The smallest absolute Gasteiger partial charge is 0.167 e. The molecule has 0 unspecified atom stereocenters. The Morgan fingerprint density at radius 2 is 1.93 bits per heavy atom. The monoisotopic (exact) mass is 383 g/mol. The average Bonchev–Trinajstić information content (AvgIpc) is 2.97. The van der Waals surface area contributed by atoms with Crippen LogP contribution in [0.5, 0.6) is 0 Å². The minimum atomic E-state index is -0.543. The van der Waals surface area contributed by atoms with Crippen molar-refractivity contribution < 1.29 is 9.18 Å². The van der Waals surface area contributed by atoms with E-state index in [0.29, 0.717) is 17.7 Å². The molecule has 1 aromatic carbocycles. The summed E-state index contributed by atoms with van der Waals surface area (Å²) in [7, 11) is 0. The van der Waals surface area contributed by atoms with E-state index in [0.717, 1.165) is 23.4 Å². The fourth-order valence-electron chi connectivity index (χ4n) is 3.65. The van der Waals surface area contributed by atoms with Gasteiger partial charge in [-0.25, -0.2) is 4.39 Å². The summed E-state index contributed by atoms with van der Waals surface area (Å²) in [6, 6.07) is 8.48. The summed E-state index contributed by atoms with van der Waals surface area (Å²) in [5.41, 5.74) is 3.77. The van der Waals surface area contributed by atoms with Crippen molar-refractivity contribution in [2.24, 2.45) is 5.41 Å². The summed E-state index contributed by atoms with van der Waals surface area (Å²) >= 11 is 5.92. The number of nitrogens with one attached hydrogen (secondary N) is 2. The van der Waals surface area contributed by atoms with Crippen molar-refractivity contribution in [3.63, 3.8) is 0 Å². The van der Waals surface area contributed by atoms with Crippen LogP contribution < -0.4 is 5.32 Å². The molecule has 0 aliphatic heterocycles. The number of nitrogens with zero attached hydrogens (tertiary/aromatic N) is 1. The number of aromatic nitrogens is 2. The molecule has 0 saturated carbocycles. The van der Waals surface area contributed by atoms with Crippen molar-refractivity contribution >= 4 is 28.8 Å². The van der Waals surface area contributed by atoms with Crippen molar-refractivity contribution in [1.82, 2.24) is 9.97 Å². The van der Waals surface area contributed by atoms with Gasteiger partial charge in [0.2, 0.25) is 0 Å². The molecule has 0 saturated heterocycles. The molecule has 2 N–H and O–H groups in total. The van der Waals surface area contributed by atoms with E-state index in [1.807, 2.05) is 12.1 Å². The van der Waals surface area contributed by atoms with Crippen LogP contribution in [0.3, 0.4) is 0 Å². The van der Waals surface area contributed by atoms with Crippen LogP contribution in [-0.2, 0) is 6.42 Å². The van der Waals surface area contributed by atoms with Gasteiger partial charge in [0, 0.05) is 30.1 Å². The van der Waals surface area contributed by atoms with E-state index in [4.69, 9.17) is 11.6 Å². The number of fused-ring (bicyclic) bond motifs is 1. The van der Waals surface area contributed by atoms with E-state index < -0.39 is 5.82 Å². The molecule has 0 atom stereocenters. The first-order chi connectivity index (χ1) is 12.9. The first kappa shape index (κ1) is 17.7. The van der Waals surface area contributed by atoms with Gasteiger partial charge in [-0.15, -0.1) is 0 Å².